The van der Waals surface area contributed by atoms with E-state index in [0.717, 1.165) is 12.0 Å². The average molecular weight is 237 g/mol. The maximum atomic E-state index is 5.78. The lowest BCUT2D eigenvalue weighted by Crippen LogP contribution is -2.14. The number of nitrogens with two attached hydrogens (primary N) is 1. The molecule has 1 heterocycles. The number of hydrogen-bond acceptors (Lipinski definition) is 4. The third kappa shape index (κ3) is 4.59. The van der Waals surface area contributed by atoms with Gasteiger partial charge >= 0.3 is 0 Å². The summed E-state index contributed by atoms with van der Waals surface area (Å²) in [5.74, 6) is 1.11. The largest absolute Gasteiger partial charge is 0.474 e. The maximum Gasteiger partial charge on any atom is 0.221 e. The highest BCUT2D eigenvalue weighted by molar-refractivity contribution is 5.43. The Hall–Kier alpha value is -1.32. The van der Waals surface area contributed by atoms with Crippen molar-refractivity contribution in [2.75, 3.05) is 5.73 Å². The molecular formula is C13H23N3O. The van der Waals surface area contributed by atoms with Gasteiger partial charge in [0.25, 0.3) is 0 Å². The van der Waals surface area contributed by atoms with Gasteiger partial charge in [-0.05, 0) is 26.7 Å². The summed E-state index contributed by atoms with van der Waals surface area (Å²) in [5.41, 5.74) is 6.53. The highest BCUT2D eigenvalue weighted by Crippen LogP contribution is 2.20. The van der Waals surface area contributed by atoms with Gasteiger partial charge in [0, 0.05) is 0 Å². The first-order valence-electron chi connectivity index (χ1n) is 6.38. The third-order valence-electron chi connectivity index (χ3n) is 2.85. The molecule has 96 valence electrons. The summed E-state index contributed by atoms with van der Waals surface area (Å²) in [5, 5.41) is 0. The van der Waals surface area contributed by atoms with E-state index in [1.54, 1.807) is 0 Å². The number of nitrogen functional groups attached to an aromatic ring is 1. The van der Waals surface area contributed by atoms with Crippen molar-refractivity contribution in [3.8, 4) is 5.88 Å². The Morgan fingerprint density at radius 3 is 2.76 bits per heavy atom. The van der Waals surface area contributed by atoms with Crippen LogP contribution in [0.2, 0.25) is 0 Å². The molecule has 17 heavy (non-hydrogen) atoms. The van der Waals surface area contributed by atoms with Gasteiger partial charge in [-0.1, -0.05) is 26.2 Å². The van der Waals surface area contributed by atoms with E-state index in [0.29, 0.717) is 11.7 Å². The second-order valence-electron chi connectivity index (χ2n) is 4.47. The second kappa shape index (κ2) is 7.09. The Morgan fingerprint density at radius 2 is 2.06 bits per heavy atom. The van der Waals surface area contributed by atoms with Crippen molar-refractivity contribution in [3.05, 3.63) is 11.9 Å². The molecule has 2 N–H and O–H groups in total. The van der Waals surface area contributed by atoms with Crippen LogP contribution >= 0.6 is 0 Å². The van der Waals surface area contributed by atoms with E-state index in [2.05, 4.69) is 23.8 Å². The summed E-state index contributed by atoms with van der Waals surface area (Å²) < 4.78 is 5.78. The molecule has 0 aromatic carbocycles. The van der Waals surface area contributed by atoms with Crippen LogP contribution in [0.3, 0.4) is 0 Å². The van der Waals surface area contributed by atoms with Crippen LogP contribution < -0.4 is 10.5 Å². The van der Waals surface area contributed by atoms with E-state index >= 15 is 0 Å². The predicted octanol–water partition coefficient (Wildman–Crippen LogP) is 3.10. The fourth-order valence-electron chi connectivity index (χ4n) is 1.67. The zero-order chi connectivity index (χ0) is 12.7. The molecule has 0 saturated heterocycles. The Bertz CT molecular complexity index is 341. The molecule has 0 radical (unpaired) electrons. The van der Waals surface area contributed by atoms with Crippen molar-refractivity contribution >= 4 is 5.82 Å². The van der Waals surface area contributed by atoms with E-state index in [9.17, 15) is 0 Å². The van der Waals surface area contributed by atoms with Crippen LogP contribution in [-0.4, -0.2) is 16.1 Å². The lowest BCUT2D eigenvalue weighted by Gasteiger charge is -2.15. The van der Waals surface area contributed by atoms with Gasteiger partial charge in [-0.15, -0.1) is 0 Å². The summed E-state index contributed by atoms with van der Waals surface area (Å²) in [6.07, 6.45) is 7.72. The van der Waals surface area contributed by atoms with E-state index in [1.807, 2.05) is 6.92 Å². The van der Waals surface area contributed by atoms with E-state index < -0.39 is 0 Å². The van der Waals surface area contributed by atoms with Gasteiger partial charge in [0.05, 0.1) is 11.7 Å². The summed E-state index contributed by atoms with van der Waals surface area (Å²) in [6.45, 7) is 6.17. The molecule has 1 aromatic rings. The Balaban J connectivity index is 2.39. The minimum atomic E-state index is 0.180. The van der Waals surface area contributed by atoms with Gasteiger partial charge in [0.1, 0.15) is 12.1 Å². The number of nitrogens with zero attached hydrogens (tertiary/aromatic N) is 2. The number of aromatic nitrogens is 2. The highest BCUT2D eigenvalue weighted by Gasteiger charge is 2.09. The molecule has 4 nitrogen and oxygen atoms in total. The lowest BCUT2D eigenvalue weighted by molar-refractivity contribution is 0.196. The number of hydrogen-bond donors (Lipinski definition) is 1. The average Bonchev–Trinajstić information content (AvgIpc) is 2.31. The van der Waals surface area contributed by atoms with Gasteiger partial charge in [-0.3, -0.25) is 0 Å². The Morgan fingerprint density at radius 1 is 1.29 bits per heavy atom. The van der Waals surface area contributed by atoms with Crippen molar-refractivity contribution in [2.45, 2.75) is 59.0 Å². The van der Waals surface area contributed by atoms with E-state index in [1.165, 1.54) is 32.0 Å². The topological polar surface area (TPSA) is 61.0 Å². The standard InChI is InChI=1S/C13H23N3O/c1-4-5-6-7-8-10(2)17-13-11(3)12(14)15-9-16-13/h9-10H,4-8H2,1-3H3,(H2,14,15,16). The summed E-state index contributed by atoms with van der Waals surface area (Å²) >= 11 is 0. The fourth-order valence-corrected chi connectivity index (χ4v) is 1.67. The Kier molecular flexibility index (Phi) is 5.73. The molecular weight excluding hydrogens is 214 g/mol. The minimum Gasteiger partial charge on any atom is -0.474 e. The van der Waals surface area contributed by atoms with Crippen LogP contribution in [0.15, 0.2) is 6.33 Å². The molecule has 1 rings (SSSR count). The molecule has 1 aromatic heterocycles. The van der Waals surface area contributed by atoms with Crippen molar-refractivity contribution in [2.24, 2.45) is 0 Å². The minimum absolute atomic E-state index is 0.180. The number of anilines is 1. The van der Waals surface area contributed by atoms with Crippen LogP contribution in [0.1, 0.15) is 51.5 Å². The molecule has 0 saturated carbocycles. The SMILES string of the molecule is CCCCCCC(C)Oc1ncnc(N)c1C. The van der Waals surface area contributed by atoms with Crippen LogP contribution in [0.25, 0.3) is 0 Å². The Labute approximate surface area is 104 Å². The molecule has 0 amide bonds. The quantitative estimate of drug-likeness (QED) is 0.740. The van der Waals surface area contributed by atoms with Crippen molar-refractivity contribution in [1.82, 2.24) is 9.97 Å². The molecule has 4 heteroatoms. The third-order valence-corrected chi connectivity index (χ3v) is 2.85. The molecule has 0 bridgehead atoms. The summed E-state index contributed by atoms with van der Waals surface area (Å²) in [4.78, 5) is 8.03. The van der Waals surface area contributed by atoms with Crippen LogP contribution in [0.5, 0.6) is 5.88 Å². The molecule has 1 atom stereocenters. The smallest absolute Gasteiger partial charge is 0.221 e. The van der Waals surface area contributed by atoms with Gasteiger partial charge in [-0.2, -0.15) is 0 Å². The fraction of sp³-hybridized carbons (Fsp3) is 0.692. The van der Waals surface area contributed by atoms with Crippen LogP contribution in [-0.2, 0) is 0 Å². The van der Waals surface area contributed by atoms with Gasteiger partial charge in [0.2, 0.25) is 5.88 Å². The van der Waals surface area contributed by atoms with E-state index in [4.69, 9.17) is 10.5 Å². The van der Waals surface area contributed by atoms with Crippen molar-refractivity contribution in [1.29, 1.82) is 0 Å². The lowest BCUT2D eigenvalue weighted by atomic mass is 10.1. The summed E-state index contributed by atoms with van der Waals surface area (Å²) in [7, 11) is 0. The molecule has 1 unspecified atom stereocenters. The molecule has 0 aliphatic heterocycles. The molecule has 0 aliphatic rings. The zero-order valence-electron chi connectivity index (χ0n) is 11.1. The van der Waals surface area contributed by atoms with Crippen molar-refractivity contribution in [3.63, 3.8) is 0 Å². The van der Waals surface area contributed by atoms with Crippen LogP contribution in [0.4, 0.5) is 5.82 Å². The second-order valence-corrected chi connectivity index (χ2v) is 4.47. The monoisotopic (exact) mass is 237 g/mol. The first-order valence-corrected chi connectivity index (χ1v) is 6.38. The summed E-state index contributed by atoms with van der Waals surface area (Å²) in [6, 6.07) is 0. The number of ether oxygens (including phenoxy) is 1. The first-order chi connectivity index (χ1) is 8.15. The molecule has 0 aliphatic carbocycles. The molecule has 0 spiro atoms. The van der Waals surface area contributed by atoms with Crippen molar-refractivity contribution < 1.29 is 4.74 Å². The predicted molar refractivity (Wildman–Crippen MR) is 70.0 cm³/mol. The van der Waals surface area contributed by atoms with E-state index in [-0.39, 0.29) is 6.10 Å². The number of rotatable bonds is 7. The molecule has 0 fully saturated rings. The maximum absolute atomic E-state index is 5.78. The number of unbranched alkanes of at least 4 members (excludes halogenated alkanes) is 3. The first kappa shape index (κ1) is 13.7. The highest BCUT2D eigenvalue weighted by atomic mass is 16.5. The van der Waals surface area contributed by atoms with Gasteiger partial charge < -0.3 is 10.5 Å². The normalized spacial score (nSPS) is 12.4. The van der Waals surface area contributed by atoms with Gasteiger partial charge in [0.15, 0.2) is 0 Å². The van der Waals surface area contributed by atoms with Gasteiger partial charge in [-0.25, -0.2) is 9.97 Å². The van der Waals surface area contributed by atoms with Crippen LogP contribution in [0, 0.1) is 6.92 Å². The zero-order valence-corrected chi connectivity index (χ0v) is 11.1.